The van der Waals surface area contributed by atoms with Crippen molar-refractivity contribution in [3.05, 3.63) is 23.8 Å². The molecular formula is C11H15NO3. The van der Waals surface area contributed by atoms with Crippen LogP contribution in [0.5, 0.6) is 5.75 Å². The molecule has 0 saturated heterocycles. The van der Waals surface area contributed by atoms with Gasteiger partial charge in [0.25, 0.3) is 0 Å². The third-order valence-corrected chi connectivity index (χ3v) is 2.08. The summed E-state index contributed by atoms with van der Waals surface area (Å²) in [6.45, 7) is 0. The van der Waals surface area contributed by atoms with E-state index >= 15 is 0 Å². The van der Waals surface area contributed by atoms with Gasteiger partial charge in [0.05, 0.1) is 7.11 Å². The zero-order valence-corrected chi connectivity index (χ0v) is 8.69. The van der Waals surface area contributed by atoms with Crippen LogP contribution in [0.3, 0.4) is 0 Å². The number of benzene rings is 1. The molecule has 4 nitrogen and oxygen atoms in total. The largest absolute Gasteiger partial charge is 0.497 e. The Morgan fingerprint density at radius 3 is 2.80 bits per heavy atom. The Hall–Kier alpha value is -1.71. The summed E-state index contributed by atoms with van der Waals surface area (Å²) in [5.41, 5.74) is 7.32. The minimum absolute atomic E-state index is 0.178. The Bertz CT molecular complexity index is 350. The highest BCUT2D eigenvalue weighted by Crippen LogP contribution is 2.19. The summed E-state index contributed by atoms with van der Waals surface area (Å²) < 4.78 is 5.07. The fourth-order valence-corrected chi connectivity index (χ4v) is 1.39. The van der Waals surface area contributed by atoms with Crippen LogP contribution < -0.4 is 10.5 Å². The number of carboxylic acid groups (broad SMARTS) is 1. The monoisotopic (exact) mass is 209 g/mol. The molecule has 0 fully saturated rings. The van der Waals surface area contributed by atoms with E-state index in [0.29, 0.717) is 24.3 Å². The highest BCUT2D eigenvalue weighted by atomic mass is 16.5. The van der Waals surface area contributed by atoms with Gasteiger partial charge in [-0.3, -0.25) is 4.79 Å². The predicted molar refractivity (Wildman–Crippen MR) is 58.0 cm³/mol. The van der Waals surface area contributed by atoms with Gasteiger partial charge in [0, 0.05) is 18.2 Å². The maximum absolute atomic E-state index is 10.3. The molecule has 0 radical (unpaired) electrons. The summed E-state index contributed by atoms with van der Waals surface area (Å²) in [4.78, 5) is 10.3. The van der Waals surface area contributed by atoms with Crippen LogP contribution >= 0.6 is 0 Å². The Kier molecular flexibility index (Phi) is 3.97. The Labute approximate surface area is 88.7 Å². The summed E-state index contributed by atoms with van der Waals surface area (Å²) in [6.07, 6.45) is 1.49. The highest BCUT2D eigenvalue weighted by molar-refractivity contribution is 5.66. The normalized spacial score (nSPS) is 9.93. The molecule has 0 atom stereocenters. The average Bonchev–Trinajstić information content (AvgIpc) is 2.16. The van der Waals surface area contributed by atoms with Crippen LogP contribution in [0.15, 0.2) is 18.2 Å². The lowest BCUT2D eigenvalue weighted by molar-refractivity contribution is -0.137. The molecule has 1 rings (SSSR count). The van der Waals surface area contributed by atoms with Gasteiger partial charge in [0.1, 0.15) is 5.75 Å². The lowest BCUT2D eigenvalue weighted by Crippen LogP contribution is -1.97. The van der Waals surface area contributed by atoms with Gasteiger partial charge in [-0.15, -0.1) is 0 Å². The maximum atomic E-state index is 10.3. The zero-order chi connectivity index (χ0) is 11.3. The van der Waals surface area contributed by atoms with Crippen LogP contribution in [0.25, 0.3) is 0 Å². The van der Waals surface area contributed by atoms with Gasteiger partial charge in [-0.05, 0) is 30.5 Å². The molecule has 3 N–H and O–H groups in total. The van der Waals surface area contributed by atoms with E-state index < -0.39 is 5.97 Å². The summed E-state index contributed by atoms with van der Waals surface area (Å²) in [5, 5.41) is 8.50. The standard InChI is InChI=1S/C11H15NO3/c1-15-10-6-8(5-9(12)7-10)3-2-4-11(13)14/h5-7H,2-4,12H2,1H3,(H,13,14). The van der Waals surface area contributed by atoms with E-state index in [9.17, 15) is 4.79 Å². The first-order chi connectivity index (χ1) is 7.11. The number of methoxy groups -OCH3 is 1. The lowest BCUT2D eigenvalue weighted by atomic mass is 10.1. The number of nitrogens with two attached hydrogens (primary N) is 1. The number of aryl methyl sites for hydroxylation is 1. The van der Waals surface area contributed by atoms with Crippen molar-refractivity contribution in [1.29, 1.82) is 0 Å². The van der Waals surface area contributed by atoms with E-state index in [1.54, 1.807) is 13.2 Å². The molecule has 82 valence electrons. The molecule has 0 saturated carbocycles. The van der Waals surface area contributed by atoms with E-state index in [0.717, 1.165) is 5.56 Å². The number of anilines is 1. The topological polar surface area (TPSA) is 72.5 Å². The average molecular weight is 209 g/mol. The van der Waals surface area contributed by atoms with Crippen molar-refractivity contribution in [3.8, 4) is 5.75 Å². The van der Waals surface area contributed by atoms with Crippen LogP contribution in [0.1, 0.15) is 18.4 Å². The molecule has 0 amide bonds. The summed E-state index contributed by atoms with van der Waals surface area (Å²) in [7, 11) is 1.58. The Morgan fingerprint density at radius 1 is 1.47 bits per heavy atom. The number of hydrogen-bond acceptors (Lipinski definition) is 3. The second-order valence-corrected chi connectivity index (χ2v) is 3.36. The van der Waals surface area contributed by atoms with Gasteiger partial charge in [0.15, 0.2) is 0 Å². The van der Waals surface area contributed by atoms with Crippen LogP contribution in [0.2, 0.25) is 0 Å². The van der Waals surface area contributed by atoms with Crippen LogP contribution in [-0.2, 0) is 11.2 Å². The minimum atomic E-state index is -0.772. The van der Waals surface area contributed by atoms with Gasteiger partial charge in [-0.1, -0.05) is 0 Å². The van der Waals surface area contributed by atoms with Crippen molar-refractivity contribution in [2.75, 3.05) is 12.8 Å². The van der Waals surface area contributed by atoms with Crippen LogP contribution in [0.4, 0.5) is 5.69 Å². The van der Waals surface area contributed by atoms with E-state index in [1.807, 2.05) is 12.1 Å². The van der Waals surface area contributed by atoms with Gasteiger partial charge in [-0.2, -0.15) is 0 Å². The summed E-state index contributed by atoms with van der Waals surface area (Å²) in [6, 6.07) is 5.45. The molecule has 0 aliphatic rings. The fraction of sp³-hybridized carbons (Fsp3) is 0.364. The van der Waals surface area contributed by atoms with Crippen molar-refractivity contribution >= 4 is 11.7 Å². The predicted octanol–water partition coefficient (Wildman–Crippen LogP) is 1.68. The number of hydrogen-bond donors (Lipinski definition) is 2. The first-order valence-electron chi connectivity index (χ1n) is 4.77. The quantitative estimate of drug-likeness (QED) is 0.724. The van der Waals surface area contributed by atoms with E-state index in [4.69, 9.17) is 15.6 Å². The Balaban J connectivity index is 2.60. The van der Waals surface area contributed by atoms with Crippen LogP contribution in [-0.4, -0.2) is 18.2 Å². The molecule has 1 aromatic carbocycles. The Morgan fingerprint density at radius 2 is 2.20 bits per heavy atom. The molecule has 0 aliphatic heterocycles. The van der Waals surface area contributed by atoms with Crippen molar-refractivity contribution in [2.45, 2.75) is 19.3 Å². The smallest absolute Gasteiger partial charge is 0.303 e. The van der Waals surface area contributed by atoms with Crippen molar-refractivity contribution in [1.82, 2.24) is 0 Å². The van der Waals surface area contributed by atoms with E-state index in [1.165, 1.54) is 0 Å². The molecule has 0 aliphatic carbocycles. The lowest BCUT2D eigenvalue weighted by Gasteiger charge is -2.05. The van der Waals surface area contributed by atoms with Crippen molar-refractivity contribution in [3.63, 3.8) is 0 Å². The molecule has 0 spiro atoms. The van der Waals surface area contributed by atoms with Crippen molar-refractivity contribution in [2.24, 2.45) is 0 Å². The highest BCUT2D eigenvalue weighted by Gasteiger charge is 2.01. The third-order valence-electron chi connectivity index (χ3n) is 2.08. The molecular weight excluding hydrogens is 194 g/mol. The number of carbonyl (C=O) groups is 1. The number of carboxylic acids is 1. The minimum Gasteiger partial charge on any atom is -0.497 e. The van der Waals surface area contributed by atoms with Crippen LogP contribution in [0, 0.1) is 0 Å². The van der Waals surface area contributed by atoms with E-state index in [2.05, 4.69) is 0 Å². The van der Waals surface area contributed by atoms with Crippen molar-refractivity contribution < 1.29 is 14.6 Å². The zero-order valence-electron chi connectivity index (χ0n) is 8.69. The molecule has 1 aromatic rings. The fourth-order valence-electron chi connectivity index (χ4n) is 1.39. The second kappa shape index (κ2) is 5.24. The molecule has 15 heavy (non-hydrogen) atoms. The molecule has 0 unspecified atom stereocenters. The summed E-state index contributed by atoms with van der Waals surface area (Å²) in [5.74, 6) is -0.0637. The first kappa shape index (κ1) is 11.4. The van der Waals surface area contributed by atoms with E-state index in [-0.39, 0.29) is 6.42 Å². The molecule has 4 heteroatoms. The first-order valence-corrected chi connectivity index (χ1v) is 4.77. The SMILES string of the molecule is COc1cc(N)cc(CCCC(=O)O)c1. The molecule has 0 bridgehead atoms. The van der Waals surface area contributed by atoms with Gasteiger partial charge in [-0.25, -0.2) is 0 Å². The van der Waals surface area contributed by atoms with Gasteiger partial charge >= 0.3 is 5.97 Å². The van der Waals surface area contributed by atoms with Gasteiger partial charge < -0.3 is 15.6 Å². The number of ether oxygens (including phenoxy) is 1. The second-order valence-electron chi connectivity index (χ2n) is 3.36. The summed E-state index contributed by atoms with van der Waals surface area (Å²) >= 11 is 0. The molecule has 0 aromatic heterocycles. The number of aliphatic carboxylic acids is 1. The molecule has 0 heterocycles. The third kappa shape index (κ3) is 3.89. The number of rotatable bonds is 5. The number of nitrogen functional groups attached to an aromatic ring is 1. The van der Waals surface area contributed by atoms with Gasteiger partial charge in [0.2, 0.25) is 0 Å². The maximum Gasteiger partial charge on any atom is 0.303 e.